The Morgan fingerprint density at radius 2 is 1.81 bits per heavy atom. The second-order valence-corrected chi connectivity index (χ2v) is 8.54. The summed E-state index contributed by atoms with van der Waals surface area (Å²) in [7, 11) is 0. The second-order valence-electron chi connectivity index (χ2n) is 8.54. The van der Waals surface area contributed by atoms with Gasteiger partial charge in [0.1, 0.15) is 0 Å². The van der Waals surface area contributed by atoms with E-state index in [0.29, 0.717) is 19.1 Å². The van der Waals surface area contributed by atoms with E-state index in [2.05, 4.69) is 70.6 Å². The summed E-state index contributed by atoms with van der Waals surface area (Å²) in [4.78, 5) is 9.68. The van der Waals surface area contributed by atoms with Gasteiger partial charge in [0.15, 0.2) is 5.96 Å². The molecule has 0 bridgehead atoms. The van der Waals surface area contributed by atoms with E-state index >= 15 is 0 Å². The molecule has 4 rings (SSSR count). The van der Waals surface area contributed by atoms with Crippen LogP contribution in [0.1, 0.15) is 24.5 Å². The van der Waals surface area contributed by atoms with E-state index in [4.69, 9.17) is 14.5 Å². The third-order valence-electron chi connectivity index (χ3n) is 6.11. The van der Waals surface area contributed by atoms with Crippen LogP contribution in [0.15, 0.2) is 59.6 Å². The summed E-state index contributed by atoms with van der Waals surface area (Å²) in [5.41, 5.74) is 3.74. The number of guanidine groups is 1. The summed E-state index contributed by atoms with van der Waals surface area (Å²) >= 11 is 0. The van der Waals surface area contributed by atoms with Gasteiger partial charge in [0.2, 0.25) is 0 Å². The van der Waals surface area contributed by atoms with E-state index in [0.717, 1.165) is 64.9 Å². The highest BCUT2D eigenvalue weighted by atomic mass is 16.5. The molecule has 172 valence electrons. The first kappa shape index (κ1) is 22.6. The maximum absolute atomic E-state index is 5.98. The van der Waals surface area contributed by atoms with E-state index < -0.39 is 0 Å². The zero-order valence-electron chi connectivity index (χ0n) is 19.2. The predicted octanol–water partition coefficient (Wildman–Crippen LogP) is 3.53. The normalized spacial score (nSPS) is 19.4. The highest BCUT2D eigenvalue weighted by Crippen LogP contribution is 2.19. The molecule has 2 saturated heterocycles. The van der Waals surface area contributed by atoms with E-state index in [1.807, 2.05) is 6.07 Å². The Balaban J connectivity index is 1.27. The van der Waals surface area contributed by atoms with Gasteiger partial charge >= 0.3 is 0 Å². The first-order valence-corrected chi connectivity index (χ1v) is 11.9. The average Bonchev–Trinajstić information content (AvgIpc) is 3.32. The van der Waals surface area contributed by atoms with Gasteiger partial charge in [-0.1, -0.05) is 42.5 Å². The standard InChI is InChI=1S/C26H36N4O2/c1-2-27-26(28-18-22-8-10-25(11-9-22)29-14-16-31-17-15-29)30-13-12-24(19-30)21-32-20-23-6-4-3-5-7-23/h3-11,24H,2,12-21H2,1H3,(H,27,28). The Hall–Kier alpha value is -2.57. The van der Waals surface area contributed by atoms with Crippen LogP contribution in [0, 0.1) is 5.92 Å². The average molecular weight is 437 g/mol. The van der Waals surface area contributed by atoms with Crippen LogP contribution in [0.5, 0.6) is 0 Å². The Morgan fingerprint density at radius 3 is 2.56 bits per heavy atom. The van der Waals surface area contributed by atoms with Gasteiger partial charge in [-0.3, -0.25) is 0 Å². The molecule has 1 atom stereocenters. The number of rotatable bonds is 8. The monoisotopic (exact) mass is 436 g/mol. The lowest BCUT2D eigenvalue weighted by molar-refractivity contribution is 0.0906. The van der Waals surface area contributed by atoms with E-state index in [9.17, 15) is 0 Å². The highest BCUT2D eigenvalue weighted by Gasteiger charge is 2.25. The number of morpholine rings is 1. The quantitative estimate of drug-likeness (QED) is 0.507. The van der Waals surface area contributed by atoms with Crippen molar-refractivity contribution in [1.29, 1.82) is 0 Å². The van der Waals surface area contributed by atoms with Gasteiger partial charge in [-0.05, 0) is 36.6 Å². The molecular formula is C26H36N4O2. The van der Waals surface area contributed by atoms with Gasteiger partial charge in [-0.25, -0.2) is 4.99 Å². The maximum Gasteiger partial charge on any atom is 0.194 e. The molecule has 0 amide bonds. The molecule has 32 heavy (non-hydrogen) atoms. The van der Waals surface area contributed by atoms with Crippen LogP contribution >= 0.6 is 0 Å². The van der Waals surface area contributed by atoms with Crippen molar-refractivity contribution in [3.63, 3.8) is 0 Å². The lowest BCUT2D eigenvalue weighted by Gasteiger charge is -2.28. The molecule has 2 aliphatic heterocycles. The second kappa shape index (κ2) is 11.9. The summed E-state index contributed by atoms with van der Waals surface area (Å²) in [5, 5.41) is 3.47. The number of hydrogen-bond donors (Lipinski definition) is 1. The van der Waals surface area contributed by atoms with Crippen molar-refractivity contribution >= 4 is 11.6 Å². The summed E-state index contributed by atoms with van der Waals surface area (Å²) in [6.45, 7) is 10.8. The molecule has 2 aromatic carbocycles. The van der Waals surface area contributed by atoms with E-state index in [1.54, 1.807) is 0 Å². The molecule has 2 heterocycles. The van der Waals surface area contributed by atoms with Crippen LogP contribution in [0.4, 0.5) is 5.69 Å². The van der Waals surface area contributed by atoms with Crippen molar-refractivity contribution in [3.8, 4) is 0 Å². The SMILES string of the molecule is CCNC(=NCc1ccc(N2CCOCC2)cc1)N1CCC(COCc2ccccc2)C1. The summed E-state index contributed by atoms with van der Waals surface area (Å²) in [5.74, 6) is 1.56. The number of aliphatic imine (C=N–C) groups is 1. The summed E-state index contributed by atoms with van der Waals surface area (Å²) in [6.07, 6.45) is 1.15. The van der Waals surface area contributed by atoms with E-state index in [-0.39, 0.29) is 0 Å². The molecule has 0 spiro atoms. The lowest BCUT2D eigenvalue weighted by Crippen LogP contribution is -2.40. The number of ether oxygens (including phenoxy) is 2. The minimum atomic E-state index is 0.551. The summed E-state index contributed by atoms with van der Waals surface area (Å²) in [6, 6.07) is 19.2. The van der Waals surface area contributed by atoms with Gasteiger partial charge < -0.3 is 24.6 Å². The van der Waals surface area contributed by atoms with Crippen LogP contribution in [-0.2, 0) is 22.6 Å². The molecule has 6 nitrogen and oxygen atoms in total. The van der Waals surface area contributed by atoms with Crippen molar-refractivity contribution in [1.82, 2.24) is 10.2 Å². The number of nitrogens with one attached hydrogen (secondary N) is 1. The molecule has 1 N–H and O–H groups in total. The van der Waals surface area contributed by atoms with Gasteiger partial charge in [-0.15, -0.1) is 0 Å². The fraction of sp³-hybridized carbons (Fsp3) is 0.500. The third kappa shape index (κ3) is 6.47. The van der Waals surface area contributed by atoms with Crippen molar-refractivity contribution in [2.45, 2.75) is 26.5 Å². The Bertz CT molecular complexity index is 835. The molecule has 2 fully saturated rings. The number of anilines is 1. The highest BCUT2D eigenvalue weighted by molar-refractivity contribution is 5.80. The molecule has 0 saturated carbocycles. The molecule has 6 heteroatoms. The van der Waals surface area contributed by atoms with Crippen LogP contribution in [0.25, 0.3) is 0 Å². The first-order chi connectivity index (χ1) is 15.8. The minimum Gasteiger partial charge on any atom is -0.378 e. The van der Waals surface area contributed by atoms with Gasteiger partial charge in [0.05, 0.1) is 33.0 Å². The van der Waals surface area contributed by atoms with Gasteiger partial charge in [-0.2, -0.15) is 0 Å². The largest absolute Gasteiger partial charge is 0.378 e. The molecule has 2 aromatic rings. The van der Waals surface area contributed by atoms with Crippen molar-refractivity contribution < 1.29 is 9.47 Å². The smallest absolute Gasteiger partial charge is 0.194 e. The fourth-order valence-corrected chi connectivity index (χ4v) is 4.30. The zero-order valence-corrected chi connectivity index (χ0v) is 19.2. The molecular weight excluding hydrogens is 400 g/mol. The number of likely N-dealkylation sites (tertiary alicyclic amines) is 1. The molecule has 0 radical (unpaired) electrons. The fourth-order valence-electron chi connectivity index (χ4n) is 4.30. The van der Waals surface area contributed by atoms with E-state index in [1.165, 1.54) is 16.8 Å². The topological polar surface area (TPSA) is 49.3 Å². The molecule has 0 aromatic heterocycles. The van der Waals surface area contributed by atoms with Crippen LogP contribution in [-0.4, -0.2) is 63.4 Å². The third-order valence-corrected chi connectivity index (χ3v) is 6.11. The zero-order chi connectivity index (χ0) is 22.0. The van der Waals surface area contributed by atoms with Crippen molar-refractivity contribution in [3.05, 3.63) is 65.7 Å². The Morgan fingerprint density at radius 1 is 1.03 bits per heavy atom. The number of hydrogen-bond acceptors (Lipinski definition) is 4. The van der Waals surface area contributed by atoms with Gasteiger partial charge in [0, 0.05) is 44.3 Å². The van der Waals surface area contributed by atoms with Crippen LogP contribution in [0.3, 0.4) is 0 Å². The number of benzene rings is 2. The van der Waals surface area contributed by atoms with Gasteiger partial charge in [0.25, 0.3) is 0 Å². The Labute approximate surface area is 192 Å². The first-order valence-electron chi connectivity index (χ1n) is 11.9. The molecule has 1 unspecified atom stereocenters. The predicted molar refractivity (Wildman–Crippen MR) is 130 cm³/mol. The maximum atomic E-state index is 5.98. The Kier molecular flexibility index (Phi) is 8.40. The molecule has 2 aliphatic rings. The summed E-state index contributed by atoms with van der Waals surface area (Å²) < 4.78 is 11.4. The molecule has 0 aliphatic carbocycles. The van der Waals surface area contributed by atoms with Crippen LogP contribution in [0.2, 0.25) is 0 Å². The minimum absolute atomic E-state index is 0.551. The number of nitrogens with zero attached hydrogens (tertiary/aromatic N) is 3. The lowest BCUT2D eigenvalue weighted by atomic mass is 10.1. The van der Waals surface area contributed by atoms with Crippen molar-refractivity contribution in [2.24, 2.45) is 10.9 Å². The van der Waals surface area contributed by atoms with Crippen LogP contribution < -0.4 is 10.2 Å². The van der Waals surface area contributed by atoms with Crippen molar-refractivity contribution in [2.75, 3.05) is 57.4 Å².